The molecular weight excluding hydrogens is 271 g/mol. The molecule has 1 N–H and O–H groups in total. The zero-order chi connectivity index (χ0) is 14.7. The molecule has 0 bridgehead atoms. The fourth-order valence-electron chi connectivity index (χ4n) is 2.32. The minimum Gasteiger partial charge on any atom is -0.351 e. The van der Waals surface area contributed by atoms with E-state index in [-0.39, 0.29) is 22.2 Å². The van der Waals surface area contributed by atoms with E-state index in [4.69, 9.17) is 0 Å². The van der Waals surface area contributed by atoms with E-state index in [0.717, 1.165) is 12.1 Å². The van der Waals surface area contributed by atoms with Gasteiger partial charge in [0.05, 0.1) is 16.8 Å². The third kappa shape index (κ3) is 1.68. The molecule has 1 aromatic heterocycles. The Kier molecular flexibility index (Phi) is 2.41. The summed E-state index contributed by atoms with van der Waals surface area (Å²) in [6.45, 7) is 1.47. The first kappa shape index (κ1) is 12.7. The van der Waals surface area contributed by atoms with Crippen LogP contribution in [0.25, 0.3) is 10.9 Å². The van der Waals surface area contributed by atoms with Crippen molar-refractivity contribution in [3.8, 4) is 0 Å². The number of hydrogen-bond donors (Lipinski definition) is 1. The number of rotatable bonds is 0. The third-order valence-corrected chi connectivity index (χ3v) is 3.31. The van der Waals surface area contributed by atoms with Crippen molar-refractivity contribution < 1.29 is 22.8 Å². The van der Waals surface area contributed by atoms with Gasteiger partial charge in [-0.25, -0.2) is 0 Å². The molecule has 0 atom stereocenters. The van der Waals surface area contributed by atoms with E-state index in [9.17, 15) is 22.8 Å². The summed E-state index contributed by atoms with van der Waals surface area (Å²) < 4.78 is 38.2. The number of allylic oxidation sites excluding steroid dienone is 2. The SMILES string of the molecule is CC1=CC(=O)c2[nH]c3ccc(C(F)(F)F)cc3c2C1=O. The first-order valence-electron chi connectivity index (χ1n) is 5.79. The van der Waals surface area contributed by atoms with Gasteiger partial charge in [-0.15, -0.1) is 0 Å². The Labute approximate surface area is 111 Å². The second-order valence-corrected chi connectivity index (χ2v) is 4.65. The fraction of sp³-hybridized carbons (Fsp3) is 0.143. The topological polar surface area (TPSA) is 49.9 Å². The van der Waals surface area contributed by atoms with Crippen LogP contribution in [0.1, 0.15) is 33.3 Å². The van der Waals surface area contributed by atoms with Gasteiger partial charge >= 0.3 is 6.18 Å². The summed E-state index contributed by atoms with van der Waals surface area (Å²) in [5.41, 5.74) is -0.209. The van der Waals surface area contributed by atoms with Gasteiger partial charge in [-0.2, -0.15) is 13.2 Å². The molecule has 0 saturated heterocycles. The maximum absolute atomic E-state index is 12.7. The van der Waals surface area contributed by atoms with Crippen molar-refractivity contribution in [1.82, 2.24) is 4.98 Å². The number of H-pyrrole nitrogens is 1. The number of ketones is 2. The van der Waals surface area contributed by atoms with Crippen LogP contribution in [-0.4, -0.2) is 16.6 Å². The Morgan fingerprint density at radius 2 is 1.85 bits per heavy atom. The van der Waals surface area contributed by atoms with E-state index in [0.29, 0.717) is 5.52 Å². The van der Waals surface area contributed by atoms with Gasteiger partial charge in [0.2, 0.25) is 5.78 Å². The lowest BCUT2D eigenvalue weighted by molar-refractivity contribution is -0.137. The molecule has 0 saturated carbocycles. The molecule has 0 radical (unpaired) electrons. The van der Waals surface area contributed by atoms with Crippen molar-refractivity contribution in [2.75, 3.05) is 0 Å². The highest BCUT2D eigenvalue weighted by molar-refractivity contribution is 6.28. The lowest BCUT2D eigenvalue weighted by Gasteiger charge is -2.09. The average Bonchev–Trinajstić information content (AvgIpc) is 2.74. The maximum atomic E-state index is 12.7. The standard InChI is InChI=1S/C14H8F3NO2/c1-6-4-10(19)12-11(13(6)20)8-5-7(14(15,16)17)2-3-9(8)18-12/h2-5,18H,1H3. The van der Waals surface area contributed by atoms with Crippen LogP contribution in [0.3, 0.4) is 0 Å². The first-order valence-corrected chi connectivity index (χ1v) is 5.79. The molecule has 1 heterocycles. The van der Waals surface area contributed by atoms with Crippen molar-refractivity contribution in [2.45, 2.75) is 13.1 Å². The van der Waals surface area contributed by atoms with Gasteiger partial charge in [0.1, 0.15) is 0 Å². The zero-order valence-corrected chi connectivity index (χ0v) is 10.3. The van der Waals surface area contributed by atoms with Crippen molar-refractivity contribution in [2.24, 2.45) is 0 Å². The maximum Gasteiger partial charge on any atom is 0.416 e. The van der Waals surface area contributed by atoms with E-state index in [2.05, 4.69) is 4.98 Å². The molecule has 1 aliphatic carbocycles. The highest BCUT2D eigenvalue weighted by Gasteiger charge is 2.33. The van der Waals surface area contributed by atoms with E-state index in [1.807, 2.05) is 0 Å². The molecule has 20 heavy (non-hydrogen) atoms. The van der Waals surface area contributed by atoms with Crippen LogP contribution in [0.4, 0.5) is 13.2 Å². The van der Waals surface area contributed by atoms with Crippen LogP contribution in [0.5, 0.6) is 0 Å². The third-order valence-electron chi connectivity index (χ3n) is 3.31. The molecule has 6 heteroatoms. The lowest BCUT2D eigenvalue weighted by Crippen LogP contribution is -2.14. The molecule has 1 aromatic carbocycles. The van der Waals surface area contributed by atoms with Gasteiger partial charge in [0, 0.05) is 16.5 Å². The van der Waals surface area contributed by atoms with Crippen molar-refractivity contribution >= 4 is 22.5 Å². The summed E-state index contributed by atoms with van der Waals surface area (Å²) in [7, 11) is 0. The summed E-state index contributed by atoms with van der Waals surface area (Å²) in [5, 5.41) is 0.126. The quantitative estimate of drug-likeness (QED) is 0.802. The number of carbonyl (C=O) groups excluding carboxylic acids is 2. The van der Waals surface area contributed by atoms with Gasteiger partial charge in [-0.05, 0) is 31.2 Å². The highest BCUT2D eigenvalue weighted by Crippen LogP contribution is 2.35. The number of aromatic amines is 1. The number of nitrogens with one attached hydrogen (secondary N) is 1. The van der Waals surface area contributed by atoms with Gasteiger partial charge in [-0.3, -0.25) is 9.59 Å². The Balaban J connectivity index is 2.33. The Morgan fingerprint density at radius 3 is 2.50 bits per heavy atom. The van der Waals surface area contributed by atoms with Crippen LogP contribution in [0, 0.1) is 0 Å². The molecule has 3 rings (SSSR count). The number of alkyl halides is 3. The van der Waals surface area contributed by atoms with Gasteiger partial charge < -0.3 is 4.98 Å². The summed E-state index contributed by atoms with van der Waals surface area (Å²) in [6.07, 6.45) is -3.31. The minimum atomic E-state index is -4.50. The van der Waals surface area contributed by atoms with E-state index >= 15 is 0 Å². The number of benzene rings is 1. The monoisotopic (exact) mass is 279 g/mol. The van der Waals surface area contributed by atoms with E-state index in [1.54, 1.807) is 0 Å². The molecule has 0 amide bonds. The van der Waals surface area contributed by atoms with Gasteiger partial charge in [-0.1, -0.05) is 0 Å². The predicted molar refractivity (Wildman–Crippen MR) is 65.7 cm³/mol. The minimum absolute atomic E-state index is 0.0242. The molecule has 0 aliphatic heterocycles. The molecule has 0 spiro atoms. The van der Waals surface area contributed by atoms with Crippen LogP contribution in [-0.2, 0) is 6.18 Å². The predicted octanol–water partition coefficient (Wildman–Crippen LogP) is 3.51. The largest absolute Gasteiger partial charge is 0.416 e. The number of hydrogen-bond acceptors (Lipinski definition) is 2. The number of Topliss-reactive ketones (excluding diaryl/α,β-unsaturated/α-hetero) is 1. The molecule has 1 aliphatic rings. The number of halogens is 3. The molecule has 3 nitrogen and oxygen atoms in total. The Bertz CT molecular complexity index is 797. The number of carbonyl (C=O) groups is 2. The highest BCUT2D eigenvalue weighted by atomic mass is 19.4. The van der Waals surface area contributed by atoms with Crippen LogP contribution >= 0.6 is 0 Å². The average molecular weight is 279 g/mol. The molecular formula is C14H8F3NO2. The lowest BCUT2D eigenvalue weighted by atomic mass is 9.93. The smallest absolute Gasteiger partial charge is 0.351 e. The van der Waals surface area contributed by atoms with Crippen LogP contribution in [0.15, 0.2) is 29.8 Å². The molecule has 0 unspecified atom stereocenters. The van der Waals surface area contributed by atoms with Crippen LogP contribution in [0.2, 0.25) is 0 Å². The summed E-state index contributed by atoms with van der Waals surface area (Å²) in [4.78, 5) is 26.6. The zero-order valence-electron chi connectivity index (χ0n) is 10.3. The molecule has 2 aromatic rings. The summed E-state index contributed by atoms with van der Waals surface area (Å²) in [5.74, 6) is -0.827. The molecule has 102 valence electrons. The molecule has 0 fully saturated rings. The van der Waals surface area contributed by atoms with Gasteiger partial charge in [0.25, 0.3) is 0 Å². The second-order valence-electron chi connectivity index (χ2n) is 4.65. The van der Waals surface area contributed by atoms with E-state index in [1.165, 1.54) is 19.1 Å². The van der Waals surface area contributed by atoms with Crippen molar-refractivity contribution in [3.05, 3.63) is 46.7 Å². The number of fused-ring (bicyclic) bond motifs is 3. The second kappa shape index (κ2) is 3.82. The van der Waals surface area contributed by atoms with Gasteiger partial charge in [0.15, 0.2) is 5.78 Å². The first-order chi connectivity index (χ1) is 9.29. The van der Waals surface area contributed by atoms with Crippen molar-refractivity contribution in [1.29, 1.82) is 0 Å². The normalized spacial score (nSPS) is 15.5. The Hall–Kier alpha value is -2.37. The van der Waals surface area contributed by atoms with E-state index < -0.39 is 23.3 Å². The Morgan fingerprint density at radius 1 is 1.15 bits per heavy atom. The summed E-state index contributed by atoms with van der Waals surface area (Å²) >= 11 is 0. The fourth-order valence-corrected chi connectivity index (χ4v) is 2.32. The summed E-state index contributed by atoms with van der Waals surface area (Å²) in [6, 6.07) is 3.04. The number of aromatic nitrogens is 1. The van der Waals surface area contributed by atoms with Crippen molar-refractivity contribution in [3.63, 3.8) is 0 Å². The van der Waals surface area contributed by atoms with Crippen LogP contribution < -0.4 is 0 Å².